The molecule has 0 aliphatic carbocycles. The molecule has 1 amide bonds. The predicted molar refractivity (Wildman–Crippen MR) is 92.1 cm³/mol. The molecule has 25 heavy (non-hydrogen) atoms. The Morgan fingerprint density at radius 2 is 1.96 bits per heavy atom. The number of rotatable bonds is 5. The number of hydrogen-bond acceptors (Lipinski definition) is 7. The number of carbonyl (C=O) groups excluding carboxylic acids is 1. The molecule has 0 unspecified atom stereocenters. The van der Waals surface area contributed by atoms with Crippen LogP contribution in [0.5, 0.6) is 0 Å². The Labute approximate surface area is 145 Å². The summed E-state index contributed by atoms with van der Waals surface area (Å²) < 4.78 is 0. The predicted octanol–water partition coefficient (Wildman–Crippen LogP) is -0.693. The van der Waals surface area contributed by atoms with E-state index in [1.807, 2.05) is 0 Å². The van der Waals surface area contributed by atoms with E-state index >= 15 is 0 Å². The van der Waals surface area contributed by atoms with Gasteiger partial charge in [-0.25, -0.2) is 15.0 Å². The maximum atomic E-state index is 12.1. The summed E-state index contributed by atoms with van der Waals surface area (Å²) in [5, 5.41) is 2.81. The maximum absolute atomic E-state index is 12.1. The van der Waals surface area contributed by atoms with Crippen LogP contribution in [0.15, 0.2) is 29.3 Å². The first-order valence-corrected chi connectivity index (χ1v) is 8.18. The zero-order chi connectivity index (χ0) is 17.6. The molecule has 3 rings (SSSR count). The van der Waals surface area contributed by atoms with Gasteiger partial charge in [0, 0.05) is 44.6 Å². The smallest absolute Gasteiger partial charge is 0.251 e. The number of hydrogen-bond donors (Lipinski definition) is 2. The lowest BCUT2D eigenvalue weighted by atomic mass is 10.3. The van der Waals surface area contributed by atoms with Gasteiger partial charge in [0.15, 0.2) is 0 Å². The molecule has 3 heterocycles. The molecule has 2 aromatic heterocycles. The summed E-state index contributed by atoms with van der Waals surface area (Å²) in [6.45, 7) is 5.40. The summed E-state index contributed by atoms with van der Waals surface area (Å²) in [4.78, 5) is 43.0. The van der Waals surface area contributed by atoms with E-state index in [-0.39, 0.29) is 18.0 Å². The molecule has 0 spiro atoms. The number of carbonyl (C=O) groups is 1. The SMILES string of the molecule is Cc1nc(CNC(=O)CN2CCN(c3ncccn3)CC2)cc(=O)[nH]1. The molecular weight excluding hydrogens is 322 g/mol. The normalized spacial score (nSPS) is 15.2. The van der Waals surface area contributed by atoms with Gasteiger partial charge in [-0.15, -0.1) is 0 Å². The molecule has 0 aromatic carbocycles. The Kier molecular flexibility index (Phi) is 5.34. The van der Waals surface area contributed by atoms with E-state index in [0.717, 1.165) is 32.1 Å². The number of nitrogens with zero attached hydrogens (tertiary/aromatic N) is 5. The second-order valence-corrected chi connectivity index (χ2v) is 5.91. The molecule has 0 radical (unpaired) electrons. The van der Waals surface area contributed by atoms with Gasteiger partial charge < -0.3 is 15.2 Å². The van der Waals surface area contributed by atoms with Crippen molar-refractivity contribution in [2.24, 2.45) is 0 Å². The second kappa shape index (κ2) is 7.84. The summed E-state index contributed by atoms with van der Waals surface area (Å²) in [5.41, 5.74) is 0.344. The van der Waals surface area contributed by atoms with Crippen LogP contribution in [0, 0.1) is 6.92 Å². The summed E-state index contributed by atoms with van der Waals surface area (Å²) >= 11 is 0. The minimum absolute atomic E-state index is 0.0795. The van der Waals surface area contributed by atoms with Gasteiger partial charge >= 0.3 is 0 Å². The van der Waals surface area contributed by atoms with Crippen LogP contribution >= 0.6 is 0 Å². The molecule has 132 valence electrons. The summed E-state index contributed by atoms with van der Waals surface area (Å²) in [5.74, 6) is 1.18. The Morgan fingerprint density at radius 3 is 2.64 bits per heavy atom. The van der Waals surface area contributed by atoms with E-state index in [0.29, 0.717) is 18.1 Å². The number of anilines is 1. The molecule has 1 fully saturated rings. The summed E-state index contributed by atoms with van der Waals surface area (Å²) in [6.07, 6.45) is 3.46. The maximum Gasteiger partial charge on any atom is 0.251 e. The van der Waals surface area contributed by atoms with Crippen LogP contribution in [0.3, 0.4) is 0 Å². The minimum Gasteiger partial charge on any atom is -0.349 e. The van der Waals surface area contributed by atoms with Crippen LogP contribution in [0.2, 0.25) is 0 Å². The summed E-state index contributed by atoms with van der Waals surface area (Å²) in [6, 6.07) is 3.19. The molecular formula is C16H21N7O2. The van der Waals surface area contributed by atoms with Crippen molar-refractivity contribution in [2.75, 3.05) is 37.6 Å². The topological polar surface area (TPSA) is 107 Å². The number of nitrogens with one attached hydrogen (secondary N) is 2. The van der Waals surface area contributed by atoms with Crippen molar-refractivity contribution < 1.29 is 4.79 Å². The van der Waals surface area contributed by atoms with Crippen molar-refractivity contribution in [1.29, 1.82) is 0 Å². The number of aromatic nitrogens is 4. The van der Waals surface area contributed by atoms with Crippen molar-refractivity contribution in [2.45, 2.75) is 13.5 Å². The number of piperazine rings is 1. The van der Waals surface area contributed by atoms with Crippen LogP contribution in [0.25, 0.3) is 0 Å². The van der Waals surface area contributed by atoms with Crippen molar-refractivity contribution >= 4 is 11.9 Å². The highest BCUT2D eigenvalue weighted by Gasteiger charge is 2.20. The van der Waals surface area contributed by atoms with Crippen molar-refractivity contribution in [3.8, 4) is 0 Å². The van der Waals surface area contributed by atoms with Gasteiger partial charge in [0.2, 0.25) is 11.9 Å². The van der Waals surface area contributed by atoms with Crippen LogP contribution in [0.4, 0.5) is 5.95 Å². The van der Waals surface area contributed by atoms with Crippen LogP contribution in [-0.2, 0) is 11.3 Å². The highest BCUT2D eigenvalue weighted by atomic mass is 16.2. The third kappa shape index (κ3) is 4.83. The van der Waals surface area contributed by atoms with E-state index in [9.17, 15) is 9.59 Å². The molecule has 0 atom stereocenters. The third-order valence-electron chi connectivity index (χ3n) is 3.95. The highest BCUT2D eigenvalue weighted by Crippen LogP contribution is 2.09. The zero-order valence-corrected chi connectivity index (χ0v) is 14.1. The minimum atomic E-state index is -0.212. The second-order valence-electron chi connectivity index (χ2n) is 5.91. The molecule has 0 saturated carbocycles. The molecule has 9 nitrogen and oxygen atoms in total. The Morgan fingerprint density at radius 1 is 1.24 bits per heavy atom. The molecule has 0 bridgehead atoms. The van der Waals surface area contributed by atoms with E-state index in [2.05, 4.69) is 35.1 Å². The first-order chi connectivity index (χ1) is 12.1. The van der Waals surface area contributed by atoms with Gasteiger partial charge in [-0.2, -0.15) is 0 Å². The van der Waals surface area contributed by atoms with Crippen LogP contribution in [0.1, 0.15) is 11.5 Å². The van der Waals surface area contributed by atoms with E-state index in [1.165, 1.54) is 6.07 Å². The lowest BCUT2D eigenvalue weighted by Gasteiger charge is -2.34. The van der Waals surface area contributed by atoms with Crippen molar-refractivity contribution in [3.63, 3.8) is 0 Å². The average molecular weight is 343 g/mol. The molecule has 2 aromatic rings. The number of aryl methyl sites for hydroxylation is 1. The van der Waals surface area contributed by atoms with E-state index in [1.54, 1.807) is 25.4 Å². The van der Waals surface area contributed by atoms with Gasteiger partial charge in [0.25, 0.3) is 5.56 Å². The van der Waals surface area contributed by atoms with Gasteiger partial charge in [-0.05, 0) is 13.0 Å². The van der Waals surface area contributed by atoms with Gasteiger partial charge in [-0.1, -0.05) is 0 Å². The fraction of sp³-hybridized carbons (Fsp3) is 0.438. The monoisotopic (exact) mass is 343 g/mol. The Hall–Kier alpha value is -2.81. The van der Waals surface area contributed by atoms with Crippen molar-refractivity contribution in [3.05, 3.63) is 46.4 Å². The number of aromatic amines is 1. The average Bonchev–Trinajstić information content (AvgIpc) is 2.61. The fourth-order valence-electron chi connectivity index (χ4n) is 2.74. The highest BCUT2D eigenvalue weighted by molar-refractivity contribution is 5.78. The molecule has 1 aliphatic heterocycles. The third-order valence-corrected chi connectivity index (χ3v) is 3.95. The largest absolute Gasteiger partial charge is 0.349 e. The van der Waals surface area contributed by atoms with Gasteiger partial charge in [-0.3, -0.25) is 14.5 Å². The van der Waals surface area contributed by atoms with E-state index < -0.39 is 0 Å². The fourth-order valence-corrected chi connectivity index (χ4v) is 2.74. The molecule has 9 heteroatoms. The lowest BCUT2D eigenvalue weighted by molar-refractivity contribution is -0.122. The molecule has 1 aliphatic rings. The summed E-state index contributed by atoms with van der Waals surface area (Å²) in [7, 11) is 0. The Bertz CT molecular complexity index is 770. The van der Waals surface area contributed by atoms with Crippen LogP contribution < -0.4 is 15.8 Å². The van der Waals surface area contributed by atoms with Gasteiger partial charge in [0.1, 0.15) is 5.82 Å². The number of H-pyrrole nitrogens is 1. The first kappa shape index (κ1) is 17.0. The van der Waals surface area contributed by atoms with Crippen LogP contribution in [-0.4, -0.2) is 63.5 Å². The quantitative estimate of drug-likeness (QED) is 0.740. The standard InChI is InChI=1S/C16H21N7O2/c1-12-20-13(9-14(24)21-12)10-19-15(25)11-22-5-7-23(8-6-22)16-17-3-2-4-18-16/h2-4,9H,5-8,10-11H2,1H3,(H,19,25)(H,20,21,24). The lowest BCUT2D eigenvalue weighted by Crippen LogP contribution is -2.49. The van der Waals surface area contributed by atoms with E-state index in [4.69, 9.17) is 0 Å². The first-order valence-electron chi connectivity index (χ1n) is 8.18. The molecule has 1 saturated heterocycles. The van der Waals surface area contributed by atoms with Gasteiger partial charge in [0.05, 0.1) is 18.8 Å². The Balaban J connectivity index is 1.44. The molecule has 2 N–H and O–H groups in total. The van der Waals surface area contributed by atoms with Crippen molar-refractivity contribution in [1.82, 2.24) is 30.2 Å². The number of amides is 1. The zero-order valence-electron chi connectivity index (χ0n) is 14.1.